The second kappa shape index (κ2) is 4.78. The van der Waals surface area contributed by atoms with Gasteiger partial charge in [0, 0.05) is 25.2 Å². The first-order chi connectivity index (χ1) is 6.65. The molecule has 0 aliphatic heterocycles. The molecule has 1 rings (SSSR count). The lowest BCUT2D eigenvalue weighted by atomic mass is 10.3. The van der Waals surface area contributed by atoms with Gasteiger partial charge in [0.2, 0.25) is 0 Å². The Labute approximate surface area is 86.0 Å². The average molecular weight is 216 g/mol. The summed E-state index contributed by atoms with van der Waals surface area (Å²) in [5.41, 5.74) is 5.83. The molecule has 0 spiro atoms. The van der Waals surface area contributed by atoms with Crippen molar-refractivity contribution >= 4 is 23.0 Å². The molecule has 0 aromatic heterocycles. The molecule has 5 nitrogen and oxygen atoms in total. The Hall–Kier alpha value is -1.33. The van der Waals surface area contributed by atoms with Crippen LogP contribution in [-0.2, 0) is 0 Å². The molecule has 76 valence electrons. The van der Waals surface area contributed by atoms with Crippen LogP contribution < -0.4 is 11.1 Å². The van der Waals surface area contributed by atoms with Crippen molar-refractivity contribution < 1.29 is 4.92 Å². The number of rotatable bonds is 4. The number of nitrogens with one attached hydrogen (secondary N) is 1. The summed E-state index contributed by atoms with van der Waals surface area (Å²) in [5.74, 6) is 0. The summed E-state index contributed by atoms with van der Waals surface area (Å²) in [4.78, 5) is 9.98. The van der Waals surface area contributed by atoms with Crippen molar-refractivity contribution in [2.45, 2.75) is 0 Å². The number of benzene rings is 1. The third kappa shape index (κ3) is 2.58. The van der Waals surface area contributed by atoms with Gasteiger partial charge in [0.05, 0.1) is 15.6 Å². The van der Waals surface area contributed by atoms with Crippen LogP contribution in [0.2, 0.25) is 5.02 Å². The van der Waals surface area contributed by atoms with Crippen molar-refractivity contribution in [2.75, 3.05) is 18.4 Å². The molecule has 14 heavy (non-hydrogen) atoms. The normalized spacial score (nSPS) is 9.86. The predicted molar refractivity (Wildman–Crippen MR) is 55.7 cm³/mol. The Morgan fingerprint density at radius 2 is 2.29 bits per heavy atom. The number of hydrogen-bond acceptors (Lipinski definition) is 4. The zero-order valence-electron chi connectivity index (χ0n) is 7.37. The van der Waals surface area contributed by atoms with E-state index in [1.807, 2.05) is 0 Å². The Bertz CT molecular complexity index is 343. The Morgan fingerprint density at radius 1 is 1.57 bits per heavy atom. The maximum atomic E-state index is 10.4. The summed E-state index contributed by atoms with van der Waals surface area (Å²) in [7, 11) is 0. The third-order valence-electron chi connectivity index (χ3n) is 1.62. The van der Waals surface area contributed by atoms with Crippen molar-refractivity contribution in [2.24, 2.45) is 5.73 Å². The van der Waals surface area contributed by atoms with Gasteiger partial charge in [-0.15, -0.1) is 0 Å². The van der Waals surface area contributed by atoms with Crippen LogP contribution >= 0.6 is 11.6 Å². The SMILES string of the molecule is NCCNc1cc([N+](=O)[O-])ccc1Cl. The van der Waals surface area contributed by atoms with E-state index < -0.39 is 4.92 Å². The highest BCUT2D eigenvalue weighted by Gasteiger charge is 2.08. The van der Waals surface area contributed by atoms with Gasteiger partial charge < -0.3 is 11.1 Å². The van der Waals surface area contributed by atoms with Crippen molar-refractivity contribution in [1.29, 1.82) is 0 Å². The summed E-state index contributed by atoms with van der Waals surface area (Å²) in [6.45, 7) is 0.972. The van der Waals surface area contributed by atoms with E-state index >= 15 is 0 Å². The second-order valence-electron chi connectivity index (χ2n) is 2.64. The summed E-state index contributed by atoms with van der Waals surface area (Å²) >= 11 is 5.81. The molecular formula is C8H10ClN3O2. The van der Waals surface area contributed by atoms with Gasteiger partial charge in [-0.25, -0.2) is 0 Å². The summed E-state index contributed by atoms with van der Waals surface area (Å²) in [5, 5.41) is 13.8. The van der Waals surface area contributed by atoms with Gasteiger partial charge in [0.1, 0.15) is 0 Å². The van der Waals surface area contributed by atoms with Crippen molar-refractivity contribution in [3.63, 3.8) is 0 Å². The molecule has 6 heteroatoms. The molecule has 0 atom stereocenters. The predicted octanol–water partition coefficient (Wildman–Crippen LogP) is 1.62. The number of nitrogens with zero attached hydrogens (tertiary/aromatic N) is 1. The fraction of sp³-hybridized carbons (Fsp3) is 0.250. The lowest BCUT2D eigenvalue weighted by Crippen LogP contribution is -2.13. The third-order valence-corrected chi connectivity index (χ3v) is 1.95. The molecule has 1 aromatic rings. The Morgan fingerprint density at radius 3 is 2.86 bits per heavy atom. The Balaban J connectivity index is 2.90. The van der Waals surface area contributed by atoms with Gasteiger partial charge in [0.15, 0.2) is 0 Å². The summed E-state index contributed by atoms with van der Waals surface area (Å²) in [6.07, 6.45) is 0. The highest BCUT2D eigenvalue weighted by Crippen LogP contribution is 2.26. The molecule has 0 heterocycles. The van der Waals surface area contributed by atoms with E-state index in [0.29, 0.717) is 23.8 Å². The van der Waals surface area contributed by atoms with Crippen molar-refractivity contribution in [3.05, 3.63) is 33.3 Å². The van der Waals surface area contributed by atoms with Crippen LogP contribution in [0.25, 0.3) is 0 Å². The standard InChI is InChI=1S/C8H10ClN3O2/c9-7-2-1-6(12(13)14)5-8(7)11-4-3-10/h1-2,5,11H,3-4,10H2. The van der Waals surface area contributed by atoms with Gasteiger partial charge in [-0.05, 0) is 6.07 Å². The first-order valence-electron chi connectivity index (χ1n) is 4.03. The summed E-state index contributed by atoms with van der Waals surface area (Å²) in [6, 6.07) is 4.23. The lowest BCUT2D eigenvalue weighted by molar-refractivity contribution is -0.384. The number of non-ortho nitro benzene ring substituents is 1. The quantitative estimate of drug-likeness (QED) is 0.591. The first-order valence-corrected chi connectivity index (χ1v) is 4.41. The van der Waals surface area contributed by atoms with E-state index in [2.05, 4.69) is 5.32 Å². The topological polar surface area (TPSA) is 81.2 Å². The highest BCUT2D eigenvalue weighted by molar-refractivity contribution is 6.33. The molecule has 0 aliphatic carbocycles. The fourth-order valence-electron chi connectivity index (χ4n) is 0.969. The van der Waals surface area contributed by atoms with Crippen LogP contribution in [0, 0.1) is 10.1 Å². The van der Waals surface area contributed by atoms with Crippen LogP contribution in [0.1, 0.15) is 0 Å². The number of hydrogen-bond donors (Lipinski definition) is 2. The number of nitrogens with two attached hydrogens (primary N) is 1. The molecular weight excluding hydrogens is 206 g/mol. The highest BCUT2D eigenvalue weighted by atomic mass is 35.5. The number of nitro groups is 1. The minimum atomic E-state index is -0.468. The van der Waals surface area contributed by atoms with E-state index in [1.54, 1.807) is 0 Å². The molecule has 0 fully saturated rings. The smallest absolute Gasteiger partial charge is 0.271 e. The Kier molecular flexibility index (Phi) is 3.67. The monoisotopic (exact) mass is 215 g/mol. The zero-order valence-corrected chi connectivity index (χ0v) is 8.12. The van der Waals surface area contributed by atoms with Gasteiger partial charge >= 0.3 is 0 Å². The molecule has 0 bridgehead atoms. The molecule has 0 amide bonds. The van der Waals surface area contributed by atoms with E-state index in [-0.39, 0.29) is 5.69 Å². The molecule has 3 N–H and O–H groups in total. The average Bonchev–Trinajstić information content (AvgIpc) is 2.16. The molecule has 1 aromatic carbocycles. The molecule has 0 aliphatic rings. The number of nitro benzene ring substituents is 1. The van der Waals surface area contributed by atoms with Crippen LogP contribution in [0.15, 0.2) is 18.2 Å². The van der Waals surface area contributed by atoms with E-state index in [1.165, 1.54) is 18.2 Å². The van der Waals surface area contributed by atoms with E-state index in [9.17, 15) is 10.1 Å². The molecule has 0 unspecified atom stereocenters. The number of halogens is 1. The van der Waals surface area contributed by atoms with Crippen molar-refractivity contribution in [1.82, 2.24) is 0 Å². The fourth-order valence-corrected chi connectivity index (χ4v) is 1.15. The van der Waals surface area contributed by atoms with Gasteiger partial charge in [-0.1, -0.05) is 11.6 Å². The van der Waals surface area contributed by atoms with Crippen LogP contribution in [0.4, 0.5) is 11.4 Å². The first kappa shape index (κ1) is 10.7. The van der Waals surface area contributed by atoms with E-state index in [4.69, 9.17) is 17.3 Å². The maximum Gasteiger partial charge on any atom is 0.271 e. The molecule has 0 radical (unpaired) electrons. The van der Waals surface area contributed by atoms with Gasteiger partial charge in [0.25, 0.3) is 5.69 Å². The van der Waals surface area contributed by atoms with Crippen LogP contribution in [0.5, 0.6) is 0 Å². The van der Waals surface area contributed by atoms with Crippen molar-refractivity contribution in [3.8, 4) is 0 Å². The van der Waals surface area contributed by atoms with E-state index in [0.717, 1.165) is 0 Å². The van der Waals surface area contributed by atoms with Gasteiger partial charge in [-0.3, -0.25) is 10.1 Å². The molecule has 0 saturated heterocycles. The minimum Gasteiger partial charge on any atom is -0.382 e. The van der Waals surface area contributed by atoms with Crippen LogP contribution in [-0.4, -0.2) is 18.0 Å². The minimum absolute atomic E-state index is 0.00826. The summed E-state index contributed by atoms with van der Waals surface area (Å²) < 4.78 is 0. The largest absolute Gasteiger partial charge is 0.382 e. The lowest BCUT2D eigenvalue weighted by Gasteiger charge is -2.05. The van der Waals surface area contributed by atoms with Crippen LogP contribution in [0.3, 0.4) is 0 Å². The second-order valence-corrected chi connectivity index (χ2v) is 3.04. The zero-order chi connectivity index (χ0) is 10.6. The number of anilines is 1. The maximum absolute atomic E-state index is 10.4. The molecule has 0 saturated carbocycles. The van der Waals surface area contributed by atoms with Gasteiger partial charge in [-0.2, -0.15) is 0 Å².